The van der Waals surface area contributed by atoms with Gasteiger partial charge in [0.05, 0.1) is 10.6 Å². The van der Waals surface area contributed by atoms with E-state index in [1.165, 1.54) is 0 Å². The SMILES string of the molecule is Cc1cccc(C(=O)N2CCc3cc(CNC(=O)c4ccccc4Cl)ccc32)c1. The van der Waals surface area contributed by atoms with Gasteiger partial charge in [0.1, 0.15) is 0 Å². The molecular weight excluding hydrogens is 384 g/mol. The maximum atomic E-state index is 12.9. The van der Waals surface area contributed by atoms with Crippen LogP contribution in [0, 0.1) is 6.92 Å². The van der Waals surface area contributed by atoms with Crippen LogP contribution in [0.15, 0.2) is 66.7 Å². The van der Waals surface area contributed by atoms with Crippen molar-refractivity contribution in [2.24, 2.45) is 0 Å². The summed E-state index contributed by atoms with van der Waals surface area (Å²) in [6.45, 7) is 3.05. The van der Waals surface area contributed by atoms with Crippen molar-refractivity contribution in [3.05, 3.63) is 99.6 Å². The zero-order valence-electron chi connectivity index (χ0n) is 16.1. The van der Waals surface area contributed by atoms with Crippen LogP contribution >= 0.6 is 11.6 Å². The molecule has 1 aliphatic heterocycles. The van der Waals surface area contributed by atoms with Crippen LogP contribution in [0.5, 0.6) is 0 Å². The topological polar surface area (TPSA) is 49.4 Å². The molecule has 1 heterocycles. The normalized spacial score (nSPS) is 12.6. The first-order chi connectivity index (χ1) is 14.0. The predicted molar refractivity (Wildman–Crippen MR) is 116 cm³/mol. The van der Waals surface area contributed by atoms with Crippen LogP contribution in [0.1, 0.15) is 37.4 Å². The van der Waals surface area contributed by atoms with Crippen molar-refractivity contribution in [2.75, 3.05) is 11.4 Å². The average Bonchev–Trinajstić information content (AvgIpc) is 3.15. The van der Waals surface area contributed by atoms with E-state index in [4.69, 9.17) is 11.6 Å². The van der Waals surface area contributed by atoms with Crippen molar-refractivity contribution >= 4 is 29.1 Å². The second kappa shape index (κ2) is 8.10. The van der Waals surface area contributed by atoms with Gasteiger partial charge in [0.2, 0.25) is 0 Å². The highest BCUT2D eigenvalue weighted by atomic mass is 35.5. The number of carbonyl (C=O) groups excluding carboxylic acids is 2. The molecule has 29 heavy (non-hydrogen) atoms. The highest BCUT2D eigenvalue weighted by molar-refractivity contribution is 6.33. The first kappa shape index (κ1) is 19.2. The van der Waals surface area contributed by atoms with Crippen molar-refractivity contribution in [3.8, 4) is 0 Å². The number of hydrogen-bond donors (Lipinski definition) is 1. The first-order valence-corrected chi connectivity index (χ1v) is 9.94. The lowest BCUT2D eigenvalue weighted by atomic mass is 10.1. The quantitative estimate of drug-likeness (QED) is 0.680. The molecule has 3 aromatic rings. The van der Waals surface area contributed by atoms with Gasteiger partial charge < -0.3 is 10.2 Å². The summed E-state index contributed by atoms with van der Waals surface area (Å²) < 4.78 is 0. The molecule has 0 aliphatic carbocycles. The summed E-state index contributed by atoms with van der Waals surface area (Å²) in [5, 5.41) is 3.34. The number of amides is 2. The van der Waals surface area contributed by atoms with E-state index in [2.05, 4.69) is 11.4 Å². The van der Waals surface area contributed by atoms with Crippen molar-refractivity contribution in [3.63, 3.8) is 0 Å². The molecule has 4 nitrogen and oxygen atoms in total. The summed E-state index contributed by atoms with van der Waals surface area (Å²) in [4.78, 5) is 27.1. The first-order valence-electron chi connectivity index (χ1n) is 9.56. The summed E-state index contributed by atoms with van der Waals surface area (Å²) in [7, 11) is 0. The number of benzene rings is 3. The summed E-state index contributed by atoms with van der Waals surface area (Å²) in [6, 6.07) is 20.6. The van der Waals surface area contributed by atoms with E-state index in [1.54, 1.807) is 24.3 Å². The molecular formula is C24H21ClN2O2. The van der Waals surface area contributed by atoms with Gasteiger partial charge in [0.25, 0.3) is 11.8 Å². The maximum absolute atomic E-state index is 12.9. The van der Waals surface area contributed by atoms with Crippen molar-refractivity contribution in [2.45, 2.75) is 19.9 Å². The van der Waals surface area contributed by atoms with E-state index < -0.39 is 0 Å². The highest BCUT2D eigenvalue weighted by Crippen LogP contribution is 2.30. The van der Waals surface area contributed by atoms with E-state index in [9.17, 15) is 9.59 Å². The Hall–Kier alpha value is -3.11. The Morgan fingerprint density at radius 2 is 1.86 bits per heavy atom. The minimum atomic E-state index is -0.202. The fraction of sp³-hybridized carbons (Fsp3) is 0.167. The molecule has 0 radical (unpaired) electrons. The number of hydrogen-bond acceptors (Lipinski definition) is 2. The van der Waals surface area contributed by atoms with E-state index >= 15 is 0 Å². The number of nitrogens with one attached hydrogen (secondary N) is 1. The summed E-state index contributed by atoms with van der Waals surface area (Å²) in [5.41, 5.74) is 5.29. The van der Waals surface area contributed by atoms with Crippen LogP contribution in [0.25, 0.3) is 0 Å². The van der Waals surface area contributed by atoms with E-state index in [-0.39, 0.29) is 11.8 Å². The van der Waals surface area contributed by atoms with Crippen LogP contribution in [0.2, 0.25) is 5.02 Å². The highest BCUT2D eigenvalue weighted by Gasteiger charge is 2.25. The Balaban J connectivity index is 1.47. The number of anilines is 1. The molecule has 0 saturated carbocycles. The number of rotatable bonds is 4. The summed E-state index contributed by atoms with van der Waals surface area (Å²) in [5.74, 6) is -0.181. The minimum absolute atomic E-state index is 0.0206. The third-order valence-electron chi connectivity index (χ3n) is 5.12. The Morgan fingerprint density at radius 3 is 2.66 bits per heavy atom. The molecule has 146 valence electrons. The number of fused-ring (bicyclic) bond motifs is 1. The van der Waals surface area contributed by atoms with Crippen LogP contribution in [0.4, 0.5) is 5.69 Å². The van der Waals surface area contributed by atoms with Gasteiger partial charge >= 0.3 is 0 Å². The maximum Gasteiger partial charge on any atom is 0.258 e. The molecule has 0 fully saturated rings. The molecule has 0 atom stereocenters. The van der Waals surface area contributed by atoms with Gasteiger partial charge in [-0.1, -0.05) is 53.6 Å². The Morgan fingerprint density at radius 1 is 1.03 bits per heavy atom. The minimum Gasteiger partial charge on any atom is -0.348 e. The molecule has 0 bridgehead atoms. The molecule has 0 spiro atoms. The second-order valence-corrected chi connectivity index (χ2v) is 7.61. The van der Waals surface area contributed by atoms with Crippen LogP contribution in [-0.2, 0) is 13.0 Å². The average molecular weight is 405 g/mol. The molecule has 5 heteroatoms. The fourth-order valence-corrected chi connectivity index (χ4v) is 3.85. The van der Waals surface area contributed by atoms with Crippen molar-refractivity contribution in [1.29, 1.82) is 0 Å². The molecule has 0 unspecified atom stereocenters. The zero-order valence-corrected chi connectivity index (χ0v) is 16.9. The molecule has 1 aliphatic rings. The number of carbonyl (C=O) groups is 2. The van der Waals surface area contributed by atoms with Crippen LogP contribution < -0.4 is 10.2 Å². The molecule has 3 aromatic carbocycles. The predicted octanol–water partition coefficient (Wildman–Crippen LogP) is 4.78. The van der Waals surface area contributed by atoms with Crippen LogP contribution in [0.3, 0.4) is 0 Å². The van der Waals surface area contributed by atoms with Gasteiger partial charge in [-0.3, -0.25) is 9.59 Å². The van der Waals surface area contributed by atoms with Crippen molar-refractivity contribution in [1.82, 2.24) is 5.32 Å². The van der Waals surface area contributed by atoms with E-state index in [0.717, 1.165) is 28.8 Å². The second-order valence-electron chi connectivity index (χ2n) is 7.20. The zero-order chi connectivity index (χ0) is 20.4. The van der Waals surface area contributed by atoms with E-state index in [1.807, 2.05) is 48.2 Å². The number of nitrogens with zero attached hydrogens (tertiary/aromatic N) is 1. The Labute approximate surface area is 175 Å². The lowest BCUT2D eigenvalue weighted by molar-refractivity contribution is 0.0949. The van der Waals surface area contributed by atoms with Gasteiger partial charge in [-0.05, 0) is 54.8 Å². The molecule has 1 N–H and O–H groups in total. The molecule has 0 saturated heterocycles. The standard InChI is InChI=1S/C24H21ClN2O2/c1-16-5-4-6-19(13-16)24(29)27-12-11-18-14-17(9-10-22(18)27)15-26-23(28)20-7-2-3-8-21(20)25/h2-10,13-14H,11-12,15H2,1H3,(H,26,28). The monoisotopic (exact) mass is 404 g/mol. The Kier molecular flexibility index (Phi) is 5.36. The van der Waals surface area contributed by atoms with Crippen LogP contribution in [-0.4, -0.2) is 18.4 Å². The lowest BCUT2D eigenvalue weighted by Gasteiger charge is -2.18. The largest absolute Gasteiger partial charge is 0.348 e. The van der Waals surface area contributed by atoms with Gasteiger partial charge in [0.15, 0.2) is 0 Å². The van der Waals surface area contributed by atoms with Crippen molar-refractivity contribution < 1.29 is 9.59 Å². The summed E-state index contributed by atoms with van der Waals surface area (Å²) >= 11 is 6.09. The third kappa shape index (κ3) is 4.03. The fourth-order valence-electron chi connectivity index (χ4n) is 3.63. The third-order valence-corrected chi connectivity index (χ3v) is 5.45. The number of halogens is 1. The van der Waals surface area contributed by atoms with E-state index in [0.29, 0.717) is 29.2 Å². The van der Waals surface area contributed by atoms with Gasteiger partial charge in [-0.25, -0.2) is 0 Å². The van der Waals surface area contributed by atoms with Gasteiger partial charge in [0, 0.05) is 24.3 Å². The molecule has 2 amide bonds. The molecule has 0 aromatic heterocycles. The smallest absolute Gasteiger partial charge is 0.258 e. The van der Waals surface area contributed by atoms with Gasteiger partial charge in [-0.2, -0.15) is 0 Å². The van der Waals surface area contributed by atoms with Gasteiger partial charge in [-0.15, -0.1) is 0 Å². The summed E-state index contributed by atoms with van der Waals surface area (Å²) in [6.07, 6.45) is 0.805. The Bertz CT molecular complexity index is 1090. The molecule has 4 rings (SSSR count). The number of aryl methyl sites for hydroxylation is 1. The lowest BCUT2D eigenvalue weighted by Crippen LogP contribution is -2.28.